The van der Waals surface area contributed by atoms with Gasteiger partial charge in [-0.2, -0.15) is 10.2 Å². The molecule has 1 saturated heterocycles. The normalized spacial score (nSPS) is 14.1. The van der Waals surface area contributed by atoms with Gasteiger partial charge in [0.1, 0.15) is 0 Å². The molecule has 1 fully saturated rings. The summed E-state index contributed by atoms with van der Waals surface area (Å²) in [4.78, 5) is 5.88. The van der Waals surface area contributed by atoms with Crippen LogP contribution in [0.3, 0.4) is 0 Å². The van der Waals surface area contributed by atoms with Crippen molar-refractivity contribution in [3.8, 4) is 11.1 Å². The van der Waals surface area contributed by atoms with E-state index in [1.54, 1.807) is 30.4 Å². The number of rotatable bonds is 5. The van der Waals surface area contributed by atoms with Crippen molar-refractivity contribution in [3.05, 3.63) is 41.7 Å². The average molecular weight is 585 g/mol. The first-order valence-corrected chi connectivity index (χ1v) is 14.4. The van der Waals surface area contributed by atoms with Crippen molar-refractivity contribution in [1.29, 1.82) is 0 Å². The van der Waals surface area contributed by atoms with E-state index in [0.717, 1.165) is 46.4 Å². The van der Waals surface area contributed by atoms with Crippen molar-refractivity contribution in [2.75, 3.05) is 39.6 Å². The topological polar surface area (TPSA) is 84.2 Å². The quantitative estimate of drug-likeness (QED) is 0.244. The van der Waals surface area contributed by atoms with Gasteiger partial charge < -0.3 is 10.6 Å². The van der Waals surface area contributed by atoms with Crippen LogP contribution in [0.15, 0.2) is 40.7 Å². The van der Waals surface area contributed by atoms with Gasteiger partial charge in [-0.05, 0) is 56.6 Å². The molecule has 230 valence electrons. The molecule has 0 unspecified atom stereocenters. The number of halogens is 3. The van der Waals surface area contributed by atoms with Gasteiger partial charge >= 0.3 is 0 Å². The van der Waals surface area contributed by atoms with E-state index in [4.69, 9.17) is 21.4 Å². The van der Waals surface area contributed by atoms with Crippen LogP contribution < -0.4 is 5.73 Å². The largest absolute Gasteiger partial charge is 0.367 e. The summed E-state index contributed by atoms with van der Waals surface area (Å²) in [5.41, 5.74) is 11.6. The van der Waals surface area contributed by atoms with E-state index in [0.29, 0.717) is 13.0 Å². The molecule has 7 nitrogen and oxygen atoms in total. The monoisotopic (exact) mass is 585 g/mol. The fraction of sp³-hybridized carbons (Fsp3) is 0.600. The number of fused-ring (bicyclic) bond motifs is 1. The summed E-state index contributed by atoms with van der Waals surface area (Å²) in [5.74, 6) is -2.13. The number of likely N-dealkylation sites (tertiary alicyclic amines) is 1. The molecular weight excluding hydrogens is 537 g/mol. The Balaban J connectivity index is 0.000000658. The third-order valence-corrected chi connectivity index (χ3v) is 5.76. The van der Waals surface area contributed by atoms with Crippen LogP contribution in [-0.4, -0.2) is 75.0 Å². The van der Waals surface area contributed by atoms with Crippen LogP contribution in [0.4, 0.5) is 24.8 Å². The summed E-state index contributed by atoms with van der Waals surface area (Å²) in [6, 6.07) is 8.11. The minimum Gasteiger partial charge on any atom is -0.367 e. The van der Waals surface area contributed by atoms with E-state index in [1.807, 2.05) is 59.0 Å². The second kappa shape index (κ2) is 19.3. The molecule has 3 heterocycles. The number of hydrogen-bond donors (Lipinski definition) is 1. The number of nitrogens with zero attached hydrogens (tertiary/aromatic N) is 6. The molecule has 0 bridgehead atoms. The Hall–Kier alpha value is -2.88. The SMILES string of the molecule is CC.CCCF.CN1CCC(F)(F)C1.CN=Nc1ccc(-c2ccn3nc(N)nc(C)c23)cc1C.[B]C([B])(C)CCC. The maximum atomic E-state index is 12.2. The van der Waals surface area contributed by atoms with Crippen molar-refractivity contribution < 1.29 is 13.2 Å². The number of aromatic nitrogens is 3. The molecule has 42 heavy (non-hydrogen) atoms. The minimum absolute atomic E-state index is 0.0312. The molecule has 0 aliphatic carbocycles. The summed E-state index contributed by atoms with van der Waals surface area (Å²) in [6.45, 7) is 13.9. The number of anilines is 1. The van der Waals surface area contributed by atoms with Gasteiger partial charge in [0.2, 0.25) is 5.95 Å². The van der Waals surface area contributed by atoms with Gasteiger partial charge in [0.15, 0.2) is 0 Å². The van der Waals surface area contributed by atoms with Crippen LogP contribution >= 0.6 is 0 Å². The highest BCUT2D eigenvalue weighted by molar-refractivity contribution is 6.39. The smallest absolute Gasteiger partial charge is 0.261 e. The lowest BCUT2D eigenvalue weighted by atomic mass is 9.54. The summed E-state index contributed by atoms with van der Waals surface area (Å²) < 4.78 is 36.8. The van der Waals surface area contributed by atoms with E-state index < -0.39 is 11.1 Å². The predicted octanol–water partition coefficient (Wildman–Crippen LogP) is 7.92. The Morgan fingerprint density at radius 3 is 2.12 bits per heavy atom. The summed E-state index contributed by atoms with van der Waals surface area (Å²) in [5, 5.41) is 11.7. The van der Waals surface area contributed by atoms with Gasteiger partial charge in [-0.15, -0.1) is 10.3 Å². The molecule has 1 aliphatic heterocycles. The zero-order chi connectivity index (χ0) is 32.5. The molecule has 0 atom stereocenters. The summed E-state index contributed by atoms with van der Waals surface area (Å²) in [6.07, 6.45) is 4.53. The molecule has 2 aromatic heterocycles. The molecular formula is C30H48B2F3N7. The Morgan fingerprint density at radius 1 is 1.12 bits per heavy atom. The lowest BCUT2D eigenvalue weighted by Crippen LogP contribution is -2.21. The standard InChI is InChI=1S/C15H16N6.C5H10B2.C5H9F2N.C3H7F.C2H6/c1-9-8-11(4-5-13(9)19-17-3)12-6-7-21-14(12)10(2)18-15(16)20-21;1-3-4-5(2,6)7;1-8-3-2-5(6,7)4-8;1-2-3-4;1-2/h4-8H,1-3H3,(H2,16,20);3-4H2,1-2H3;2-4H2,1H3;2-3H2,1H3;1-2H3. The highest BCUT2D eigenvalue weighted by Gasteiger charge is 2.36. The minimum atomic E-state index is -2.41. The number of aryl methyl sites for hydroxylation is 2. The Morgan fingerprint density at radius 2 is 1.74 bits per heavy atom. The molecule has 4 radical (unpaired) electrons. The zero-order valence-corrected chi connectivity index (χ0v) is 26.9. The number of hydrogen-bond acceptors (Lipinski definition) is 6. The fourth-order valence-electron chi connectivity index (χ4n) is 3.95. The second-order valence-electron chi connectivity index (χ2n) is 10.2. The molecule has 1 aromatic carbocycles. The predicted molar refractivity (Wildman–Crippen MR) is 172 cm³/mol. The van der Waals surface area contributed by atoms with Gasteiger partial charge in [-0.1, -0.05) is 53.5 Å². The van der Waals surface area contributed by atoms with E-state index in [-0.39, 0.29) is 25.6 Å². The van der Waals surface area contributed by atoms with Gasteiger partial charge in [0, 0.05) is 31.8 Å². The number of azo groups is 1. The summed E-state index contributed by atoms with van der Waals surface area (Å²) in [7, 11) is 14.2. The van der Waals surface area contributed by atoms with Crippen LogP contribution in [0.1, 0.15) is 71.6 Å². The average Bonchev–Trinajstić information content (AvgIpc) is 3.48. The van der Waals surface area contributed by atoms with Crippen LogP contribution in [0, 0.1) is 13.8 Å². The van der Waals surface area contributed by atoms with Gasteiger partial charge in [0.05, 0.1) is 45.8 Å². The van der Waals surface area contributed by atoms with Crippen molar-refractivity contribution in [3.63, 3.8) is 0 Å². The maximum Gasteiger partial charge on any atom is 0.261 e. The molecule has 0 spiro atoms. The Bertz CT molecular complexity index is 1210. The van der Waals surface area contributed by atoms with E-state index >= 15 is 0 Å². The lowest BCUT2D eigenvalue weighted by Gasteiger charge is -2.16. The van der Waals surface area contributed by atoms with Crippen molar-refractivity contribution >= 4 is 32.8 Å². The molecule has 0 amide bonds. The van der Waals surface area contributed by atoms with Crippen LogP contribution in [0.25, 0.3) is 16.6 Å². The Labute approximate surface area is 253 Å². The number of benzene rings is 1. The molecule has 0 saturated carbocycles. The third-order valence-electron chi connectivity index (χ3n) is 5.76. The van der Waals surface area contributed by atoms with Crippen LogP contribution in [0.5, 0.6) is 0 Å². The first kappa shape index (κ1) is 39.1. The number of nitrogen functional groups attached to an aromatic ring is 1. The van der Waals surface area contributed by atoms with Crippen molar-refractivity contribution in [2.45, 2.75) is 85.3 Å². The first-order valence-electron chi connectivity index (χ1n) is 14.4. The summed E-state index contributed by atoms with van der Waals surface area (Å²) >= 11 is 0. The highest BCUT2D eigenvalue weighted by atomic mass is 19.3. The maximum absolute atomic E-state index is 12.2. The van der Waals surface area contributed by atoms with Gasteiger partial charge in [-0.3, -0.25) is 4.39 Å². The van der Waals surface area contributed by atoms with E-state index in [2.05, 4.69) is 33.3 Å². The van der Waals surface area contributed by atoms with E-state index in [9.17, 15) is 13.2 Å². The van der Waals surface area contributed by atoms with Crippen LogP contribution in [-0.2, 0) is 0 Å². The first-order chi connectivity index (χ1) is 19.7. The van der Waals surface area contributed by atoms with Gasteiger partial charge in [-0.25, -0.2) is 18.3 Å². The van der Waals surface area contributed by atoms with Crippen molar-refractivity contribution in [1.82, 2.24) is 19.5 Å². The molecule has 2 N–H and O–H groups in total. The van der Waals surface area contributed by atoms with Gasteiger partial charge in [0.25, 0.3) is 5.92 Å². The fourth-order valence-corrected chi connectivity index (χ4v) is 3.95. The molecule has 12 heteroatoms. The molecule has 4 rings (SSSR count). The number of nitrogens with two attached hydrogens (primary N) is 1. The second-order valence-corrected chi connectivity index (χ2v) is 10.2. The molecule has 1 aliphatic rings. The van der Waals surface area contributed by atoms with Crippen LogP contribution in [0.2, 0.25) is 5.21 Å². The third kappa shape index (κ3) is 14.3. The highest BCUT2D eigenvalue weighted by Crippen LogP contribution is 2.31. The lowest BCUT2D eigenvalue weighted by molar-refractivity contribution is 0.0146. The van der Waals surface area contributed by atoms with Crippen molar-refractivity contribution in [2.24, 2.45) is 10.2 Å². The number of alkyl halides is 3. The zero-order valence-electron chi connectivity index (χ0n) is 26.9. The van der Waals surface area contributed by atoms with E-state index in [1.165, 1.54) is 0 Å². The molecule has 3 aromatic rings. The Kier molecular flexibility index (Phi) is 18.0.